The van der Waals surface area contributed by atoms with Gasteiger partial charge in [0.25, 0.3) is 0 Å². The summed E-state index contributed by atoms with van der Waals surface area (Å²) in [6.07, 6.45) is 85.7. The third-order valence-electron chi connectivity index (χ3n) is 15.3. The molecule has 0 fully saturated rings. The van der Waals surface area contributed by atoms with Gasteiger partial charge in [-0.2, -0.15) is 0 Å². The lowest BCUT2D eigenvalue weighted by Gasteiger charge is -2.20. The van der Waals surface area contributed by atoms with Gasteiger partial charge in [-0.1, -0.05) is 312 Å². The van der Waals surface area contributed by atoms with Gasteiger partial charge in [0.15, 0.2) is 0 Å². The second-order valence-electron chi connectivity index (χ2n) is 22.8. The number of ether oxygens (including phenoxy) is 1. The van der Waals surface area contributed by atoms with Crippen LogP contribution in [0.15, 0.2) is 60.8 Å². The van der Waals surface area contributed by atoms with E-state index in [0.717, 1.165) is 57.8 Å². The van der Waals surface area contributed by atoms with E-state index in [2.05, 4.69) is 67.8 Å². The Morgan fingerprint density at radius 2 is 0.658 bits per heavy atom. The van der Waals surface area contributed by atoms with Gasteiger partial charge in [0.05, 0.1) is 25.4 Å². The van der Waals surface area contributed by atoms with Crippen LogP contribution in [0.5, 0.6) is 0 Å². The van der Waals surface area contributed by atoms with Crippen LogP contribution in [0.1, 0.15) is 348 Å². The number of esters is 1. The normalized spacial score (nSPS) is 12.9. The molecular formula is C70H129NO5. The average Bonchev–Trinajstić information content (AvgIpc) is 3.42. The number of hydrogen-bond donors (Lipinski definition) is 3. The molecule has 6 nitrogen and oxygen atoms in total. The van der Waals surface area contributed by atoms with E-state index in [9.17, 15) is 19.8 Å². The minimum atomic E-state index is -0.850. The van der Waals surface area contributed by atoms with Crippen LogP contribution < -0.4 is 5.32 Å². The Kier molecular flexibility index (Phi) is 63.0. The maximum Gasteiger partial charge on any atom is 0.305 e. The van der Waals surface area contributed by atoms with Crippen molar-refractivity contribution in [2.75, 3.05) is 13.2 Å². The summed E-state index contributed by atoms with van der Waals surface area (Å²) in [4.78, 5) is 24.6. The molecule has 0 aromatic rings. The van der Waals surface area contributed by atoms with E-state index in [0.29, 0.717) is 19.4 Å². The number of carbonyl (C=O) groups is 2. The highest BCUT2D eigenvalue weighted by atomic mass is 16.5. The first-order valence-electron chi connectivity index (χ1n) is 33.6. The fourth-order valence-electron chi connectivity index (χ4n) is 10.2. The summed E-state index contributed by atoms with van der Waals surface area (Å²) >= 11 is 0. The van der Waals surface area contributed by atoms with Crippen molar-refractivity contribution in [2.24, 2.45) is 0 Å². The van der Waals surface area contributed by atoms with E-state index in [1.807, 2.05) is 6.08 Å². The summed E-state index contributed by atoms with van der Waals surface area (Å²) < 4.78 is 5.43. The van der Waals surface area contributed by atoms with Gasteiger partial charge in [-0.3, -0.25) is 9.59 Å². The number of hydrogen-bond acceptors (Lipinski definition) is 5. The minimum absolute atomic E-state index is 0.0397. The van der Waals surface area contributed by atoms with Crippen LogP contribution in [-0.2, 0) is 14.3 Å². The van der Waals surface area contributed by atoms with Crippen LogP contribution in [0.4, 0.5) is 0 Å². The predicted molar refractivity (Wildman–Crippen MR) is 333 cm³/mol. The van der Waals surface area contributed by atoms with Crippen molar-refractivity contribution < 1.29 is 24.5 Å². The Balaban J connectivity index is 3.48. The van der Waals surface area contributed by atoms with Gasteiger partial charge in [-0.05, 0) is 83.5 Å². The zero-order valence-corrected chi connectivity index (χ0v) is 50.7. The summed E-state index contributed by atoms with van der Waals surface area (Å²) in [5, 5.41) is 23.2. The summed E-state index contributed by atoms with van der Waals surface area (Å²) in [5.74, 6) is -0.111. The molecule has 0 saturated heterocycles. The Morgan fingerprint density at radius 1 is 0.368 bits per heavy atom. The van der Waals surface area contributed by atoms with Crippen molar-refractivity contribution >= 4 is 11.9 Å². The van der Waals surface area contributed by atoms with Gasteiger partial charge in [-0.25, -0.2) is 0 Å². The molecule has 2 atom stereocenters. The van der Waals surface area contributed by atoms with Crippen LogP contribution in [0.3, 0.4) is 0 Å². The SMILES string of the molecule is CCCCC/C=C\C/C=C\CCCCCCCCCCCC(=O)OCC/C=C\C/C=C\CCCCCCCCCCCCCCCCC(=O)NC(CO)C(O)/C=C/CCCCCCCCCCCCCCCCCCC. The Labute approximate surface area is 473 Å². The van der Waals surface area contributed by atoms with E-state index < -0.39 is 12.1 Å². The van der Waals surface area contributed by atoms with Gasteiger partial charge in [-0.15, -0.1) is 0 Å². The molecular weight excluding hydrogens is 935 g/mol. The van der Waals surface area contributed by atoms with E-state index >= 15 is 0 Å². The Hall–Kier alpha value is -2.44. The molecule has 3 N–H and O–H groups in total. The van der Waals surface area contributed by atoms with E-state index in [-0.39, 0.29) is 18.5 Å². The van der Waals surface area contributed by atoms with E-state index in [1.54, 1.807) is 6.08 Å². The third-order valence-corrected chi connectivity index (χ3v) is 15.3. The summed E-state index contributed by atoms with van der Waals surface area (Å²) in [6.45, 7) is 4.79. The highest BCUT2D eigenvalue weighted by Gasteiger charge is 2.18. The number of nitrogens with one attached hydrogen (secondary N) is 1. The fraction of sp³-hybridized carbons (Fsp3) is 0.829. The molecule has 0 spiro atoms. The summed E-state index contributed by atoms with van der Waals surface area (Å²) in [6, 6.07) is -0.634. The molecule has 0 aromatic heterocycles. The first-order valence-corrected chi connectivity index (χ1v) is 33.6. The standard InChI is InChI=1S/C70H129NO5/c1-3-5-7-9-11-13-15-17-19-21-26-30-34-38-42-46-50-54-58-62-68(73)67(66-72)71-69(74)63-59-55-51-47-43-39-35-31-28-24-23-25-29-33-37-41-45-49-53-57-61-65-76-70(75)64-60-56-52-48-44-40-36-32-27-22-20-18-16-14-12-10-8-6-4-2/h12,14,18,20,41,45,53,57-58,62,67-68,72-73H,3-11,13,15-17,19,21-40,42-44,46-52,54-56,59-61,63-66H2,1-2H3,(H,71,74)/b14-12-,20-18-,45-41-,57-53-,62-58+. The molecule has 0 bridgehead atoms. The molecule has 444 valence electrons. The molecule has 0 heterocycles. The number of unbranched alkanes of at least 4 members (excludes halogenated alkanes) is 43. The van der Waals surface area contributed by atoms with Gasteiger partial charge in [0.2, 0.25) is 5.91 Å². The molecule has 0 radical (unpaired) electrons. The van der Waals surface area contributed by atoms with Crippen molar-refractivity contribution in [1.29, 1.82) is 0 Å². The first kappa shape index (κ1) is 73.6. The lowest BCUT2D eigenvalue weighted by atomic mass is 10.0. The van der Waals surface area contributed by atoms with Gasteiger partial charge in [0, 0.05) is 12.8 Å². The predicted octanol–water partition coefficient (Wildman–Crippen LogP) is 21.5. The van der Waals surface area contributed by atoms with Gasteiger partial charge >= 0.3 is 5.97 Å². The smallest absolute Gasteiger partial charge is 0.305 e. The average molecular weight is 1060 g/mol. The van der Waals surface area contributed by atoms with Crippen LogP contribution in [0.25, 0.3) is 0 Å². The molecule has 2 unspecified atom stereocenters. The molecule has 0 aliphatic heterocycles. The molecule has 6 heteroatoms. The number of amides is 1. The maximum atomic E-state index is 12.5. The lowest BCUT2D eigenvalue weighted by Crippen LogP contribution is -2.45. The fourth-order valence-corrected chi connectivity index (χ4v) is 10.2. The van der Waals surface area contributed by atoms with Crippen molar-refractivity contribution in [3.05, 3.63) is 60.8 Å². The second kappa shape index (κ2) is 65.1. The highest BCUT2D eigenvalue weighted by Crippen LogP contribution is 2.17. The van der Waals surface area contributed by atoms with Crippen molar-refractivity contribution in [3.63, 3.8) is 0 Å². The highest BCUT2D eigenvalue weighted by molar-refractivity contribution is 5.76. The molecule has 0 aliphatic carbocycles. The molecule has 0 rings (SSSR count). The molecule has 0 saturated carbocycles. The largest absolute Gasteiger partial charge is 0.465 e. The first-order chi connectivity index (χ1) is 37.5. The monoisotopic (exact) mass is 1060 g/mol. The zero-order chi connectivity index (χ0) is 55.0. The van der Waals surface area contributed by atoms with Crippen molar-refractivity contribution in [2.45, 2.75) is 360 Å². The van der Waals surface area contributed by atoms with Gasteiger partial charge < -0.3 is 20.3 Å². The van der Waals surface area contributed by atoms with E-state index in [1.165, 1.54) is 263 Å². The van der Waals surface area contributed by atoms with Crippen LogP contribution in [-0.4, -0.2) is 47.4 Å². The molecule has 0 aromatic carbocycles. The maximum absolute atomic E-state index is 12.5. The second-order valence-corrected chi connectivity index (χ2v) is 22.8. The Bertz CT molecular complexity index is 1320. The third kappa shape index (κ3) is 60.8. The number of aliphatic hydroxyl groups excluding tert-OH is 2. The van der Waals surface area contributed by atoms with Crippen molar-refractivity contribution in [1.82, 2.24) is 5.32 Å². The number of allylic oxidation sites excluding steroid dienone is 8. The molecule has 0 aliphatic rings. The summed E-state index contributed by atoms with van der Waals surface area (Å²) in [7, 11) is 0. The van der Waals surface area contributed by atoms with Crippen LogP contribution in [0.2, 0.25) is 0 Å². The van der Waals surface area contributed by atoms with Crippen LogP contribution >= 0.6 is 0 Å². The minimum Gasteiger partial charge on any atom is -0.465 e. The zero-order valence-electron chi connectivity index (χ0n) is 50.7. The van der Waals surface area contributed by atoms with Crippen molar-refractivity contribution in [3.8, 4) is 0 Å². The van der Waals surface area contributed by atoms with Gasteiger partial charge in [0.1, 0.15) is 0 Å². The number of rotatable bonds is 62. The van der Waals surface area contributed by atoms with E-state index in [4.69, 9.17) is 4.74 Å². The number of aliphatic hydroxyl groups is 2. The Morgan fingerprint density at radius 3 is 1.03 bits per heavy atom. The lowest BCUT2D eigenvalue weighted by molar-refractivity contribution is -0.143. The molecule has 76 heavy (non-hydrogen) atoms. The quantitative estimate of drug-likeness (QED) is 0.0320. The molecule has 1 amide bonds. The number of carbonyl (C=O) groups excluding carboxylic acids is 2. The van der Waals surface area contributed by atoms with Crippen LogP contribution in [0, 0.1) is 0 Å². The topological polar surface area (TPSA) is 95.9 Å². The summed E-state index contributed by atoms with van der Waals surface area (Å²) in [5.41, 5.74) is 0.